The number of hydrogen-bond acceptors (Lipinski definition) is 5. The molecule has 0 spiro atoms. The van der Waals surface area contributed by atoms with Gasteiger partial charge in [0, 0.05) is 42.6 Å². The van der Waals surface area contributed by atoms with E-state index < -0.39 is 0 Å². The smallest absolute Gasteiger partial charge is 0.125 e. The number of imidazole rings is 1. The van der Waals surface area contributed by atoms with Gasteiger partial charge in [-0.1, -0.05) is 18.2 Å². The minimum absolute atomic E-state index is 0.702. The lowest BCUT2D eigenvalue weighted by molar-refractivity contribution is 0.482. The molecule has 0 saturated heterocycles. The zero-order valence-electron chi connectivity index (χ0n) is 14.3. The van der Waals surface area contributed by atoms with E-state index in [-0.39, 0.29) is 0 Å². The number of nitriles is 1. The summed E-state index contributed by atoms with van der Waals surface area (Å²) in [6.45, 7) is 3.37. The minimum atomic E-state index is 0.702. The van der Waals surface area contributed by atoms with Crippen LogP contribution in [0.4, 0.5) is 5.69 Å². The number of rotatable bonds is 4. The van der Waals surface area contributed by atoms with E-state index in [0.717, 1.165) is 32.0 Å². The van der Waals surface area contributed by atoms with E-state index in [1.54, 1.807) is 18.1 Å². The number of aromatic nitrogens is 2. The zero-order valence-corrected chi connectivity index (χ0v) is 15.1. The predicted octanol–water partition coefficient (Wildman–Crippen LogP) is 3.81. The first-order chi connectivity index (χ1) is 12.8. The first kappa shape index (κ1) is 16.7. The molecule has 0 radical (unpaired) electrons. The Morgan fingerprint density at radius 1 is 1.15 bits per heavy atom. The van der Waals surface area contributed by atoms with Crippen molar-refractivity contribution in [3.63, 3.8) is 0 Å². The number of benzene rings is 2. The molecule has 0 saturated carbocycles. The van der Waals surface area contributed by atoms with Gasteiger partial charge in [0.15, 0.2) is 0 Å². The maximum absolute atomic E-state index is 9.29. The molecule has 1 N–H and O–H groups in total. The van der Waals surface area contributed by atoms with Gasteiger partial charge in [0.05, 0.1) is 18.2 Å². The number of nitrogens with one attached hydrogen (secondary N) is 1. The maximum Gasteiger partial charge on any atom is 0.125 e. The third kappa shape index (κ3) is 3.74. The van der Waals surface area contributed by atoms with Crippen molar-refractivity contribution in [1.29, 1.82) is 5.26 Å². The normalized spacial score (nSPS) is 14.5. The molecule has 2 heterocycles. The number of nitrogens with zero attached hydrogens (tertiary/aromatic N) is 4. The molecule has 1 aromatic heterocycles. The Hall–Kier alpha value is -2.75. The van der Waals surface area contributed by atoms with Gasteiger partial charge in [-0.3, -0.25) is 0 Å². The van der Waals surface area contributed by atoms with Gasteiger partial charge in [-0.2, -0.15) is 5.26 Å². The molecule has 1 aliphatic rings. The number of H-pyrrole nitrogens is 1. The van der Waals surface area contributed by atoms with Crippen LogP contribution in [0.15, 0.2) is 65.8 Å². The van der Waals surface area contributed by atoms with Crippen molar-refractivity contribution in [2.24, 2.45) is 0 Å². The third-order valence-electron chi connectivity index (χ3n) is 4.39. The highest BCUT2D eigenvalue weighted by molar-refractivity contribution is 7.97. The van der Waals surface area contributed by atoms with Crippen LogP contribution in [-0.4, -0.2) is 27.4 Å². The Bertz CT molecular complexity index is 902. The quantitative estimate of drug-likeness (QED) is 0.716. The molecule has 0 fully saturated rings. The standard InChI is InChI=1S/C20H19N5S/c21-13-16-6-7-19-17(12-16)14-25(26-18-4-2-1-3-5-18)11-10-24(19)15-20-22-8-9-23-20/h1-9,12H,10-11,14-15H2,(H,22,23). The second-order valence-corrected chi connectivity index (χ2v) is 7.35. The number of aromatic amines is 1. The molecule has 0 bridgehead atoms. The molecule has 3 aromatic rings. The largest absolute Gasteiger partial charge is 0.362 e. The first-order valence-electron chi connectivity index (χ1n) is 8.56. The topological polar surface area (TPSA) is 59.0 Å². The van der Waals surface area contributed by atoms with Gasteiger partial charge < -0.3 is 9.88 Å². The Balaban J connectivity index is 1.61. The lowest BCUT2D eigenvalue weighted by Gasteiger charge is -2.23. The van der Waals surface area contributed by atoms with Crippen LogP contribution in [-0.2, 0) is 13.1 Å². The number of anilines is 1. The third-order valence-corrected chi connectivity index (χ3v) is 5.44. The van der Waals surface area contributed by atoms with Gasteiger partial charge in [0.25, 0.3) is 0 Å². The van der Waals surface area contributed by atoms with E-state index in [9.17, 15) is 5.26 Å². The van der Waals surface area contributed by atoms with E-state index in [1.165, 1.54) is 16.1 Å². The zero-order chi connectivity index (χ0) is 17.8. The summed E-state index contributed by atoms with van der Waals surface area (Å²) in [5.41, 5.74) is 3.06. The van der Waals surface area contributed by atoms with Gasteiger partial charge in [0.2, 0.25) is 0 Å². The Morgan fingerprint density at radius 3 is 2.81 bits per heavy atom. The lowest BCUT2D eigenvalue weighted by Crippen LogP contribution is -2.28. The van der Waals surface area contributed by atoms with Crippen LogP contribution in [0, 0.1) is 11.3 Å². The van der Waals surface area contributed by atoms with Crippen LogP contribution >= 0.6 is 11.9 Å². The van der Waals surface area contributed by atoms with E-state index in [1.807, 2.05) is 24.4 Å². The molecule has 1 aliphatic heterocycles. The van der Waals surface area contributed by atoms with Crippen molar-refractivity contribution in [3.05, 3.63) is 77.9 Å². The highest BCUT2D eigenvalue weighted by Gasteiger charge is 2.21. The molecule has 26 heavy (non-hydrogen) atoms. The highest BCUT2D eigenvalue weighted by atomic mass is 32.2. The Morgan fingerprint density at radius 2 is 2.04 bits per heavy atom. The van der Waals surface area contributed by atoms with Crippen LogP contribution in [0.2, 0.25) is 0 Å². The number of fused-ring (bicyclic) bond motifs is 1. The molecule has 0 amide bonds. The predicted molar refractivity (Wildman–Crippen MR) is 104 cm³/mol. The van der Waals surface area contributed by atoms with Crippen LogP contribution < -0.4 is 4.90 Å². The van der Waals surface area contributed by atoms with Crippen molar-refractivity contribution in [1.82, 2.24) is 14.3 Å². The average molecular weight is 361 g/mol. The molecule has 5 nitrogen and oxygen atoms in total. The monoisotopic (exact) mass is 361 g/mol. The van der Waals surface area contributed by atoms with Crippen LogP contribution in [0.3, 0.4) is 0 Å². The molecular weight excluding hydrogens is 342 g/mol. The molecule has 0 unspecified atom stereocenters. The van der Waals surface area contributed by atoms with Crippen molar-refractivity contribution in [2.45, 2.75) is 18.0 Å². The highest BCUT2D eigenvalue weighted by Crippen LogP contribution is 2.32. The summed E-state index contributed by atoms with van der Waals surface area (Å²) < 4.78 is 2.36. The van der Waals surface area contributed by atoms with Crippen molar-refractivity contribution in [2.75, 3.05) is 18.0 Å². The van der Waals surface area contributed by atoms with Gasteiger partial charge in [-0.05, 0) is 47.8 Å². The Kier molecular flexibility index (Phi) is 4.91. The van der Waals surface area contributed by atoms with E-state index in [2.05, 4.69) is 55.6 Å². The molecular formula is C20H19N5S. The van der Waals surface area contributed by atoms with E-state index >= 15 is 0 Å². The summed E-state index contributed by atoms with van der Waals surface area (Å²) in [4.78, 5) is 11.1. The summed E-state index contributed by atoms with van der Waals surface area (Å²) in [6, 6.07) is 18.6. The summed E-state index contributed by atoms with van der Waals surface area (Å²) in [5, 5.41) is 9.29. The summed E-state index contributed by atoms with van der Waals surface area (Å²) in [5.74, 6) is 0.949. The second kappa shape index (κ2) is 7.65. The fourth-order valence-electron chi connectivity index (χ4n) is 3.15. The molecule has 130 valence electrons. The van der Waals surface area contributed by atoms with Gasteiger partial charge in [0.1, 0.15) is 5.82 Å². The van der Waals surface area contributed by atoms with Crippen molar-refractivity contribution in [3.8, 4) is 6.07 Å². The van der Waals surface area contributed by atoms with Crippen LogP contribution in [0.25, 0.3) is 0 Å². The second-order valence-electron chi connectivity index (χ2n) is 6.18. The van der Waals surface area contributed by atoms with E-state index in [0.29, 0.717) is 5.56 Å². The maximum atomic E-state index is 9.29. The molecule has 6 heteroatoms. The molecule has 4 rings (SSSR count). The summed E-state index contributed by atoms with van der Waals surface area (Å²) in [6.07, 6.45) is 3.63. The van der Waals surface area contributed by atoms with Crippen LogP contribution in [0.1, 0.15) is 17.0 Å². The van der Waals surface area contributed by atoms with Crippen molar-refractivity contribution >= 4 is 17.6 Å². The first-order valence-corrected chi connectivity index (χ1v) is 9.33. The number of hydrogen-bond donors (Lipinski definition) is 1. The van der Waals surface area contributed by atoms with Gasteiger partial charge in [-0.25, -0.2) is 9.29 Å². The minimum Gasteiger partial charge on any atom is -0.362 e. The Labute approximate surface area is 157 Å². The van der Waals surface area contributed by atoms with Gasteiger partial charge >= 0.3 is 0 Å². The molecule has 0 atom stereocenters. The summed E-state index contributed by atoms with van der Waals surface area (Å²) in [7, 11) is 0. The summed E-state index contributed by atoms with van der Waals surface area (Å²) >= 11 is 1.77. The average Bonchev–Trinajstić information content (AvgIpc) is 3.13. The van der Waals surface area contributed by atoms with E-state index in [4.69, 9.17) is 0 Å². The lowest BCUT2D eigenvalue weighted by atomic mass is 10.1. The van der Waals surface area contributed by atoms with Crippen LogP contribution in [0.5, 0.6) is 0 Å². The fourth-order valence-corrected chi connectivity index (χ4v) is 4.10. The SMILES string of the molecule is N#Cc1ccc2c(c1)CN(Sc1ccccc1)CCN2Cc1ncc[nH]1. The van der Waals surface area contributed by atoms with Gasteiger partial charge in [-0.15, -0.1) is 0 Å². The fraction of sp³-hybridized carbons (Fsp3) is 0.200. The molecule has 0 aliphatic carbocycles. The molecule has 2 aromatic carbocycles. The van der Waals surface area contributed by atoms with Crippen molar-refractivity contribution < 1.29 is 0 Å².